The van der Waals surface area contributed by atoms with Crippen molar-refractivity contribution in [1.29, 1.82) is 0 Å². The molecule has 3 aliphatic rings. The van der Waals surface area contributed by atoms with E-state index in [2.05, 4.69) is 10.3 Å². The lowest BCUT2D eigenvalue weighted by atomic mass is 9.92. The quantitative estimate of drug-likeness (QED) is 0.671. The molecule has 1 aromatic heterocycles. The Labute approximate surface area is 184 Å². The van der Waals surface area contributed by atoms with E-state index in [4.69, 9.17) is 5.73 Å². The number of hydrogen-bond acceptors (Lipinski definition) is 6. The Morgan fingerprint density at radius 2 is 2.16 bits per heavy atom. The van der Waals surface area contributed by atoms with Crippen molar-refractivity contribution in [3.63, 3.8) is 0 Å². The number of fused-ring (bicyclic) bond motifs is 2. The Morgan fingerprint density at radius 3 is 2.87 bits per heavy atom. The highest BCUT2D eigenvalue weighted by Gasteiger charge is 2.55. The van der Waals surface area contributed by atoms with Gasteiger partial charge in [-0.3, -0.25) is 14.5 Å². The Bertz CT molecular complexity index is 1060. The van der Waals surface area contributed by atoms with Crippen LogP contribution in [0.5, 0.6) is 0 Å². The zero-order valence-corrected chi connectivity index (χ0v) is 18.2. The van der Waals surface area contributed by atoms with Crippen LogP contribution in [0.3, 0.4) is 0 Å². The summed E-state index contributed by atoms with van der Waals surface area (Å²) in [7, 11) is 0. The summed E-state index contributed by atoms with van der Waals surface area (Å²) in [6, 6.07) is 7.18. The van der Waals surface area contributed by atoms with E-state index in [0.29, 0.717) is 24.0 Å². The number of nitrogens with zero attached hydrogens (tertiary/aromatic N) is 3. The van der Waals surface area contributed by atoms with Crippen molar-refractivity contribution in [1.82, 2.24) is 20.1 Å². The van der Waals surface area contributed by atoms with Gasteiger partial charge in [0.15, 0.2) is 5.13 Å². The van der Waals surface area contributed by atoms with E-state index in [9.17, 15) is 14.4 Å². The topological polar surface area (TPSA) is 109 Å². The summed E-state index contributed by atoms with van der Waals surface area (Å²) in [5.41, 5.74) is 7.32. The third-order valence-corrected chi connectivity index (χ3v) is 7.46. The normalized spacial score (nSPS) is 23.2. The number of anilines is 1. The van der Waals surface area contributed by atoms with Gasteiger partial charge in [-0.2, -0.15) is 0 Å². The van der Waals surface area contributed by atoms with Gasteiger partial charge in [0.2, 0.25) is 5.91 Å². The highest BCUT2D eigenvalue weighted by molar-refractivity contribution is 7.13. The van der Waals surface area contributed by atoms with Gasteiger partial charge in [-0.25, -0.2) is 9.78 Å². The molecule has 5 rings (SSSR count). The standard InChI is InChI=1S/C22H25N5O3S/c1-13(14-6-7-14)26(10-16-12-31-20(23)24-16)18(28)11-27-19(29)22(25-21(27)30)9-8-15-4-2-3-5-17(15)22/h2-5,12-14H,6-11H2,1H3,(H2,23,24)(H,25,30)/t13-,22?/m0/s1. The summed E-state index contributed by atoms with van der Waals surface area (Å²) in [5.74, 6) is -0.151. The fourth-order valence-corrected chi connectivity index (χ4v) is 5.38. The molecule has 162 valence electrons. The van der Waals surface area contributed by atoms with Crippen molar-refractivity contribution in [2.45, 2.75) is 50.7 Å². The fraction of sp³-hybridized carbons (Fsp3) is 0.455. The van der Waals surface area contributed by atoms with Gasteiger partial charge in [-0.15, -0.1) is 11.3 Å². The summed E-state index contributed by atoms with van der Waals surface area (Å²) >= 11 is 1.33. The third-order valence-electron chi connectivity index (χ3n) is 6.73. The number of benzene rings is 1. The molecule has 2 atom stereocenters. The first kappa shape index (κ1) is 20.0. The lowest BCUT2D eigenvalue weighted by Crippen LogP contribution is -2.47. The van der Waals surface area contributed by atoms with E-state index in [1.807, 2.05) is 36.6 Å². The average Bonchev–Trinajstić information content (AvgIpc) is 3.37. The monoisotopic (exact) mass is 439 g/mol. The highest BCUT2D eigenvalue weighted by Crippen LogP contribution is 2.41. The zero-order chi connectivity index (χ0) is 21.8. The molecule has 1 aliphatic heterocycles. The van der Waals surface area contributed by atoms with Gasteiger partial charge < -0.3 is 16.0 Å². The smallest absolute Gasteiger partial charge is 0.325 e. The molecular formula is C22H25N5O3S. The number of rotatable bonds is 6. The number of hydrogen-bond donors (Lipinski definition) is 2. The second-order valence-corrected chi connectivity index (χ2v) is 9.55. The molecule has 2 aromatic rings. The molecule has 1 unspecified atom stereocenters. The minimum atomic E-state index is -1.05. The molecule has 2 fully saturated rings. The second-order valence-electron chi connectivity index (χ2n) is 8.66. The van der Waals surface area contributed by atoms with E-state index >= 15 is 0 Å². The molecule has 0 radical (unpaired) electrons. The number of carbonyl (C=O) groups excluding carboxylic acids is 3. The first-order valence-corrected chi connectivity index (χ1v) is 11.5. The number of aryl methyl sites for hydroxylation is 1. The van der Waals surface area contributed by atoms with E-state index in [1.54, 1.807) is 4.90 Å². The van der Waals surface area contributed by atoms with Crippen molar-refractivity contribution >= 4 is 34.3 Å². The van der Waals surface area contributed by atoms with Gasteiger partial charge in [0.1, 0.15) is 12.1 Å². The number of urea groups is 1. The number of thiazole rings is 1. The number of nitrogens with one attached hydrogen (secondary N) is 1. The number of carbonyl (C=O) groups is 3. The molecule has 1 aromatic carbocycles. The Kier molecular flexibility index (Phi) is 4.73. The van der Waals surface area contributed by atoms with Gasteiger partial charge in [0, 0.05) is 11.4 Å². The van der Waals surface area contributed by atoms with Crippen molar-refractivity contribution in [3.8, 4) is 0 Å². The number of imide groups is 1. The lowest BCUT2D eigenvalue weighted by molar-refractivity contribution is -0.141. The Balaban J connectivity index is 1.37. The van der Waals surface area contributed by atoms with E-state index in [1.165, 1.54) is 11.3 Å². The molecule has 0 bridgehead atoms. The average molecular weight is 440 g/mol. The molecular weight excluding hydrogens is 414 g/mol. The van der Waals surface area contributed by atoms with Crippen molar-refractivity contribution < 1.29 is 14.4 Å². The van der Waals surface area contributed by atoms with Crippen LogP contribution in [0.15, 0.2) is 29.6 Å². The number of amides is 4. The number of nitrogen functional groups attached to an aromatic ring is 1. The molecule has 1 saturated carbocycles. The largest absolute Gasteiger partial charge is 0.375 e. The summed E-state index contributed by atoms with van der Waals surface area (Å²) in [4.78, 5) is 46.6. The molecule has 9 heteroatoms. The predicted octanol–water partition coefficient (Wildman–Crippen LogP) is 2.25. The maximum absolute atomic E-state index is 13.4. The summed E-state index contributed by atoms with van der Waals surface area (Å²) in [6.45, 7) is 2.07. The second kappa shape index (κ2) is 7.33. The molecule has 2 aliphatic carbocycles. The summed E-state index contributed by atoms with van der Waals surface area (Å²) in [6.07, 6.45) is 3.39. The van der Waals surface area contributed by atoms with Crippen LogP contribution < -0.4 is 11.1 Å². The maximum Gasteiger partial charge on any atom is 0.325 e. The number of aromatic nitrogens is 1. The molecule has 8 nitrogen and oxygen atoms in total. The van der Waals surface area contributed by atoms with E-state index in [0.717, 1.165) is 41.0 Å². The highest BCUT2D eigenvalue weighted by atomic mass is 32.1. The van der Waals surface area contributed by atoms with Crippen LogP contribution in [0.1, 0.15) is 43.0 Å². The van der Waals surface area contributed by atoms with Crippen molar-refractivity contribution in [3.05, 3.63) is 46.5 Å². The van der Waals surface area contributed by atoms with Gasteiger partial charge >= 0.3 is 6.03 Å². The van der Waals surface area contributed by atoms with Crippen LogP contribution in [-0.2, 0) is 28.1 Å². The molecule has 2 heterocycles. The van der Waals surface area contributed by atoms with Crippen LogP contribution in [-0.4, -0.2) is 45.2 Å². The summed E-state index contributed by atoms with van der Waals surface area (Å²) in [5, 5.41) is 5.18. The first-order valence-electron chi connectivity index (χ1n) is 10.6. The predicted molar refractivity (Wildman–Crippen MR) is 116 cm³/mol. The fourth-order valence-electron chi connectivity index (χ4n) is 4.82. The van der Waals surface area contributed by atoms with Crippen LogP contribution in [0.2, 0.25) is 0 Å². The minimum absolute atomic E-state index is 0.0114. The van der Waals surface area contributed by atoms with Gasteiger partial charge in [0.05, 0.1) is 12.2 Å². The van der Waals surface area contributed by atoms with E-state index in [-0.39, 0.29) is 24.4 Å². The van der Waals surface area contributed by atoms with Gasteiger partial charge in [-0.1, -0.05) is 24.3 Å². The Hall–Kier alpha value is -2.94. The number of nitrogens with two attached hydrogens (primary N) is 1. The minimum Gasteiger partial charge on any atom is -0.375 e. The van der Waals surface area contributed by atoms with Gasteiger partial charge in [0.25, 0.3) is 5.91 Å². The molecule has 1 spiro atoms. The van der Waals surface area contributed by atoms with Crippen LogP contribution in [0.4, 0.5) is 9.93 Å². The molecule has 4 amide bonds. The van der Waals surface area contributed by atoms with Crippen LogP contribution >= 0.6 is 11.3 Å². The molecule has 1 saturated heterocycles. The zero-order valence-electron chi connectivity index (χ0n) is 17.3. The van der Waals surface area contributed by atoms with Crippen molar-refractivity contribution in [2.24, 2.45) is 5.92 Å². The first-order chi connectivity index (χ1) is 14.9. The summed E-state index contributed by atoms with van der Waals surface area (Å²) < 4.78 is 0. The third kappa shape index (κ3) is 3.37. The van der Waals surface area contributed by atoms with E-state index < -0.39 is 11.6 Å². The van der Waals surface area contributed by atoms with Crippen LogP contribution in [0.25, 0.3) is 0 Å². The molecule has 31 heavy (non-hydrogen) atoms. The van der Waals surface area contributed by atoms with Crippen LogP contribution in [0, 0.1) is 5.92 Å². The van der Waals surface area contributed by atoms with Gasteiger partial charge in [-0.05, 0) is 49.7 Å². The Morgan fingerprint density at radius 1 is 1.39 bits per heavy atom. The lowest BCUT2D eigenvalue weighted by Gasteiger charge is -2.30. The maximum atomic E-state index is 13.4. The molecule has 3 N–H and O–H groups in total. The SMILES string of the molecule is C[C@@H](C1CC1)N(Cc1csc(N)n1)C(=O)CN1C(=O)NC2(CCc3ccccc32)C1=O. The van der Waals surface area contributed by atoms with Crippen molar-refractivity contribution in [2.75, 3.05) is 12.3 Å².